The summed E-state index contributed by atoms with van der Waals surface area (Å²) in [4.78, 5) is 25.2. The van der Waals surface area contributed by atoms with Crippen molar-refractivity contribution in [1.29, 1.82) is 0 Å². The van der Waals surface area contributed by atoms with Crippen LogP contribution in [0.3, 0.4) is 0 Å². The van der Waals surface area contributed by atoms with E-state index >= 15 is 0 Å². The topological polar surface area (TPSA) is 66.8 Å². The van der Waals surface area contributed by atoms with Gasteiger partial charge in [0, 0.05) is 12.6 Å². The zero-order valence-electron chi connectivity index (χ0n) is 13.6. The van der Waals surface area contributed by atoms with Gasteiger partial charge in [0.05, 0.1) is 7.11 Å². The van der Waals surface area contributed by atoms with E-state index in [0.29, 0.717) is 19.4 Å². The van der Waals surface area contributed by atoms with Gasteiger partial charge in [-0.2, -0.15) is 0 Å². The van der Waals surface area contributed by atoms with Gasteiger partial charge in [-0.25, -0.2) is 4.79 Å². The number of piperidine rings is 1. The van der Waals surface area contributed by atoms with Gasteiger partial charge in [-0.1, -0.05) is 23.8 Å². The van der Waals surface area contributed by atoms with E-state index in [1.807, 2.05) is 31.2 Å². The lowest BCUT2D eigenvalue weighted by Crippen LogP contribution is -2.47. The Morgan fingerprint density at radius 1 is 1.35 bits per heavy atom. The number of rotatable bonds is 5. The number of carbonyl (C=O) groups is 2. The van der Waals surface area contributed by atoms with Gasteiger partial charge in [0.15, 0.2) is 0 Å². The molecule has 23 heavy (non-hydrogen) atoms. The first-order chi connectivity index (χ1) is 11.0. The standard InChI is InChI=1S/C18H23NO4/c1-13(11-14-7-3-4-9-16(14)23-2)12-17(20)19-10-6-5-8-15(19)18(21)22/h3-4,7,9,12,15H,5-6,8,10-11H2,1-2H3,(H,21,22)/b13-12+. The van der Waals surface area contributed by atoms with E-state index in [1.165, 1.54) is 4.90 Å². The van der Waals surface area contributed by atoms with Crippen LogP contribution < -0.4 is 4.74 Å². The number of carboxylic acids is 1. The molecule has 1 aromatic rings. The largest absolute Gasteiger partial charge is 0.496 e. The quantitative estimate of drug-likeness (QED) is 0.848. The number of likely N-dealkylation sites (tertiary alicyclic amines) is 1. The van der Waals surface area contributed by atoms with Crippen LogP contribution in [0.1, 0.15) is 31.7 Å². The van der Waals surface area contributed by atoms with Crippen molar-refractivity contribution in [2.75, 3.05) is 13.7 Å². The molecule has 5 heteroatoms. The second-order valence-electron chi connectivity index (χ2n) is 5.86. The van der Waals surface area contributed by atoms with Crippen LogP contribution in [-0.4, -0.2) is 41.6 Å². The Morgan fingerprint density at radius 3 is 2.78 bits per heavy atom. The Morgan fingerprint density at radius 2 is 2.09 bits per heavy atom. The van der Waals surface area contributed by atoms with Gasteiger partial charge in [0.25, 0.3) is 0 Å². The summed E-state index contributed by atoms with van der Waals surface area (Å²) in [5, 5.41) is 9.26. The van der Waals surface area contributed by atoms with Crippen LogP contribution >= 0.6 is 0 Å². The Hall–Kier alpha value is -2.30. The predicted molar refractivity (Wildman–Crippen MR) is 87.4 cm³/mol. The third kappa shape index (κ3) is 4.34. The second kappa shape index (κ2) is 7.81. The van der Waals surface area contributed by atoms with Gasteiger partial charge >= 0.3 is 5.97 Å². The number of carboxylic acid groups (broad SMARTS) is 1. The normalized spacial score (nSPS) is 18.6. The molecule has 0 saturated carbocycles. The number of carbonyl (C=O) groups excluding carboxylic acids is 1. The van der Waals surface area contributed by atoms with E-state index in [-0.39, 0.29) is 5.91 Å². The first-order valence-corrected chi connectivity index (χ1v) is 7.85. The van der Waals surface area contributed by atoms with E-state index < -0.39 is 12.0 Å². The van der Waals surface area contributed by atoms with Crippen LogP contribution in [-0.2, 0) is 16.0 Å². The third-order valence-electron chi connectivity index (χ3n) is 4.10. The van der Waals surface area contributed by atoms with E-state index in [1.54, 1.807) is 13.2 Å². The molecule has 0 spiro atoms. The number of hydrogen-bond donors (Lipinski definition) is 1. The fourth-order valence-electron chi connectivity index (χ4n) is 2.95. The van der Waals surface area contributed by atoms with Gasteiger partial charge in [0.2, 0.25) is 5.91 Å². The highest BCUT2D eigenvalue weighted by atomic mass is 16.5. The fourth-order valence-corrected chi connectivity index (χ4v) is 2.95. The molecule has 0 radical (unpaired) electrons. The van der Waals surface area contributed by atoms with Crippen molar-refractivity contribution in [2.24, 2.45) is 0 Å². The van der Waals surface area contributed by atoms with Gasteiger partial charge in [0.1, 0.15) is 11.8 Å². The molecule has 0 aliphatic carbocycles. The van der Waals surface area contributed by atoms with E-state index in [2.05, 4.69) is 0 Å². The smallest absolute Gasteiger partial charge is 0.326 e. The first-order valence-electron chi connectivity index (χ1n) is 7.85. The summed E-state index contributed by atoms with van der Waals surface area (Å²) >= 11 is 0. The van der Waals surface area contributed by atoms with Crippen molar-refractivity contribution in [3.8, 4) is 5.75 Å². The van der Waals surface area contributed by atoms with Crippen molar-refractivity contribution in [1.82, 2.24) is 4.90 Å². The van der Waals surface area contributed by atoms with Crippen LogP contribution in [0.25, 0.3) is 0 Å². The minimum absolute atomic E-state index is 0.218. The molecule has 1 N–H and O–H groups in total. The third-order valence-corrected chi connectivity index (χ3v) is 4.10. The molecule has 1 aliphatic heterocycles. The molecular weight excluding hydrogens is 294 g/mol. The van der Waals surface area contributed by atoms with Crippen molar-refractivity contribution in [2.45, 2.75) is 38.6 Å². The maximum atomic E-state index is 12.4. The number of nitrogens with zero attached hydrogens (tertiary/aromatic N) is 1. The summed E-state index contributed by atoms with van der Waals surface area (Å²) in [5.74, 6) is -0.354. The zero-order valence-corrected chi connectivity index (χ0v) is 13.6. The molecular formula is C18H23NO4. The lowest BCUT2D eigenvalue weighted by Gasteiger charge is -2.32. The van der Waals surface area contributed by atoms with Crippen molar-refractivity contribution in [3.05, 3.63) is 41.5 Å². The highest BCUT2D eigenvalue weighted by molar-refractivity contribution is 5.91. The second-order valence-corrected chi connectivity index (χ2v) is 5.86. The molecule has 1 fully saturated rings. The summed E-state index contributed by atoms with van der Waals surface area (Å²) in [6.45, 7) is 2.39. The fraction of sp³-hybridized carbons (Fsp3) is 0.444. The molecule has 5 nitrogen and oxygen atoms in total. The molecule has 2 rings (SSSR count). The molecule has 0 bridgehead atoms. The Labute approximate surface area is 136 Å². The minimum atomic E-state index is -0.922. The lowest BCUT2D eigenvalue weighted by atomic mass is 10.0. The number of benzene rings is 1. The predicted octanol–water partition coefficient (Wildman–Crippen LogP) is 2.65. The monoisotopic (exact) mass is 317 g/mol. The van der Waals surface area contributed by atoms with Crippen LogP contribution in [0.5, 0.6) is 5.75 Å². The molecule has 1 heterocycles. The minimum Gasteiger partial charge on any atom is -0.496 e. The summed E-state index contributed by atoms with van der Waals surface area (Å²) in [5.41, 5.74) is 1.89. The molecule has 0 aromatic heterocycles. The summed E-state index contributed by atoms with van der Waals surface area (Å²) in [7, 11) is 1.62. The number of methoxy groups -OCH3 is 1. The Bertz CT molecular complexity index is 609. The number of allylic oxidation sites excluding steroid dienone is 1. The van der Waals surface area contributed by atoms with Crippen LogP contribution in [0.4, 0.5) is 0 Å². The number of ether oxygens (including phenoxy) is 1. The van der Waals surface area contributed by atoms with Gasteiger partial charge in [-0.05, 0) is 44.2 Å². The highest BCUT2D eigenvalue weighted by Gasteiger charge is 2.30. The van der Waals surface area contributed by atoms with Crippen LogP contribution in [0.2, 0.25) is 0 Å². The Kier molecular flexibility index (Phi) is 5.79. The molecule has 1 aliphatic rings. The van der Waals surface area contributed by atoms with Crippen LogP contribution in [0, 0.1) is 0 Å². The number of para-hydroxylation sites is 1. The maximum absolute atomic E-state index is 12.4. The average molecular weight is 317 g/mol. The van der Waals surface area contributed by atoms with E-state index in [0.717, 1.165) is 29.7 Å². The summed E-state index contributed by atoms with van der Waals surface area (Å²) < 4.78 is 5.32. The number of hydrogen-bond acceptors (Lipinski definition) is 3. The molecule has 1 amide bonds. The van der Waals surface area contributed by atoms with E-state index in [9.17, 15) is 14.7 Å². The number of aliphatic carboxylic acids is 1. The molecule has 1 saturated heterocycles. The van der Waals surface area contributed by atoms with Gasteiger partial charge in [-0.15, -0.1) is 0 Å². The highest BCUT2D eigenvalue weighted by Crippen LogP contribution is 2.22. The van der Waals surface area contributed by atoms with E-state index in [4.69, 9.17) is 4.74 Å². The van der Waals surface area contributed by atoms with Crippen LogP contribution in [0.15, 0.2) is 35.9 Å². The molecule has 1 atom stereocenters. The van der Waals surface area contributed by atoms with Crippen molar-refractivity contribution >= 4 is 11.9 Å². The average Bonchev–Trinajstić information content (AvgIpc) is 2.55. The Balaban J connectivity index is 2.10. The molecule has 1 unspecified atom stereocenters. The summed E-state index contributed by atoms with van der Waals surface area (Å²) in [6, 6.07) is 6.97. The first kappa shape index (κ1) is 17.1. The SMILES string of the molecule is COc1ccccc1C/C(C)=C/C(=O)N1CCCCC1C(=O)O. The maximum Gasteiger partial charge on any atom is 0.326 e. The van der Waals surface area contributed by atoms with Gasteiger partial charge in [-0.3, -0.25) is 4.79 Å². The molecule has 1 aromatic carbocycles. The van der Waals surface area contributed by atoms with Gasteiger partial charge < -0.3 is 14.7 Å². The lowest BCUT2D eigenvalue weighted by molar-refractivity contribution is -0.150. The zero-order chi connectivity index (χ0) is 16.8. The molecule has 124 valence electrons. The van der Waals surface area contributed by atoms with Crippen molar-refractivity contribution in [3.63, 3.8) is 0 Å². The van der Waals surface area contributed by atoms with Crippen molar-refractivity contribution < 1.29 is 19.4 Å². The summed E-state index contributed by atoms with van der Waals surface area (Å²) in [6.07, 6.45) is 4.38. The number of amides is 1.